The van der Waals surface area contributed by atoms with Crippen LogP contribution < -0.4 is 10.5 Å². The van der Waals surface area contributed by atoms with Gasteiger partial charge in [-0.05, 0) is 18.9 Å². The molecule has 4 rings (SSSR count). The number of hydrogen-bond donors (Lipinski definition) is 1. The van der Waals surface area contributed by atoms with E-state index in [0.29, 0.717) is 22.8 Å². The topological polar surface area (TPSA) is 79.7 Å². The van der Waals surface area contributed by atoms with Gasteiger partial charge in [-0.15, -0.1) is 0 Å². The van der Waals surface area contributed by atoms with Crippen LogP contribution in [0.15, 0.2) is 47.9 Å². The molecule has 3 aromatic heterocycles. The molecule has 0 unspecified atom stereocenters. The van der Waals surface area contributed by atoms with Crippen LogP contribution >= 0.6 is 0 Å². The number of halogens is 3. The highest BCUT2D eigenvalue weighted by Gasteiger charge is 2.41. The average molecular weight is 390 g/mol. The van der Waals surface area contributed by atoms with Gasteiger partial charge in [0.05, 0.1) is 11.5 Å². The molecule has 1 saturated heterocycles. The lowest BCUT2D eigenvalue weighted by Gasteiger charge is -2.33. The molecule has 0 aliphatic carbocycles. The van der Waals surface area contributed by atoms with E-state index >= 15 is 0 Å². The maximum Gasteiger partial charge on any atom is 0.391 e. The Morgan fingerprint density at radius 1 is 1.14 bits per heavy atom. The van der Waals surface area contributed by atoms with Crippen LogP contribution in [0.1, 0.15) is 12.8 Å². The Hall–Kier alpha value is -3.17. The van der Waals surface area contributed by atoms with Gasteiger partial charge in [-0.25, -0.2) is 14.6 Å². The van der Waals surface area contributed by atoms with Crippen LogP contribution in [0.2, 0.25) is 0 Å². The first-order chi connectivity index (χ1) is 13.4. The molecular weight excluding hydrogens is 373 g/mol. The first-order valence-electron chi connectivity index (χ1n) is 8.78. The van der Waals surface area contributed by atoms with E-state index in [9.17, 15) is 18.0 Å². The number of aromatic amines is 1. The largest absolute Gasteiger partial charge is 0.391 e. The van der Waals surface area contributed by atoms with Crippen LogP contribution in [-0.4, -0.2) is 44.0 Å². The molecule has 1 aliphatic heterocycles. The summed E-state index contributed by atoms with van der Waals surface area (Å²) in [5.74, 6) is -0.462. The minimum Gasteiger partial charge on any atom is -0.356 e. The molecule has 1 fully saturated rings. The van der Waals surface area contributed by atoms with E-state index in [1.807, 2.05) is 0 Å². The molecule has 1 N–H and O–H groups in total. The van der Waals surface area contributed by atoms with Crippen LogP contribution in [0.25, 0.3) is 16.9 Å². The van der Waals surface area contributed by atoms with Crippen molar-refractivity contribution in [2.75, 3.05) is 18.0 Å². The first kappa shape index (κ1) is 18.2. The molecule has 0 bridgehead atoms. The fourth-order valence-electron chi connectivity index (χ4n) is 3.34. The van der Waals surface area contributed by atoms with E-state index in [4.69, 9.17) is 0 Å². The number of anilines is 1. The van der Waals surface area contributed by atoms with Crippen LogP contribution in [-0.2, 0) is 0 Å². The van der Waals surface area contributed by atoms with E-state index in [1.54, 1.807) is 41.7 Å². The number of nitrogens with one attached hydrogen (secondary N) is 1. The summed E-state index contributed by atoms with van der Waals surface area (Å²) in [5.41, 5.74) is 0.818. The zero-order chi connectivity index (χ0) is 19.7. The average Bonchev–Trinajstić information content (AvgIpc) is 3.09. The lowest BCUT2D eigenvalue weighted by atomic mass is 9.96. The number of aromatic nitrogens is 5. The highest BCUT2D eigenvalue weighted by atomic mass is 19.4. The summed E-state index contributed by atoms with van der Waals surface area (Å²) in [6.07, 6.45) is 1.96. The lowest BCUT2D eigenvalue weighted by Crippen LogP contribution is -2.39. The third kappa shape index (κ3) is 3.49. The number of alkyl halides is 3. The third-order valence-electron chi connectivity index (χ3n) is 4.89. The van der Waals surface area contributed by atoms with Crippen molar-refractivity contribution in [3.05, 3.63) is 53.5 Å². The van der Waals surface area contributed by atoms with Crippen LogP contribution in [0.3, 0.4) is 0 Å². The molecule has 0 amide bonds. The van der Waals surface area contributed by atoms with Crippen molar-refractivity contribution in [2.24, 2.45) is 5.92 Å². The second-order valence-electron chi connectivity index (χ2n) is 6.61. The molecule has 0 radical (unpaired) electrons. The van der Waals surface area contributed by atoms with Gasteiger partial charge < -0.3 is 4.90 Å². The van der Waals surface area contributed by atoms with Gasteiger partial charge in [0, 0.05) is 43.3 Å². The second kappa shape index (κ2) is 7.10. The molecule has 0 aromatic carbocycles. The van der Waals surface area contributed by atoms with Gasteiger partial charge >= 0.3 is 6.18 Å². The van der Waals surface area contributed by atoms with Gasteiger partial charge in [-0.3, -0.25) is 14.9 Å². The summed E-state index contributed by atoms with van der Waals surface area (Å²) in [6.45, 7) is 0.502. The van der Waals surface area contributed by atoms with Crippen molar-refractivity contribution < 1.29 is 13.2 Å². The van der Waals surface area contributed by atoms with E-state index in [0.717, 1.165) is 0 Å². The quantitative estimate of drug-likeness (QED) is 0.744. The van der Waals surface area contributed by atoms with Gasteiger partial charge in [0.25, 0.3) is 5.56 Å². The predicted molar refractivity (Wildman–Crippen MR) is 96.2 cm³/mol. The Bertz CT molecular complexity index is 1010. The van der Waals surface area contributed by atoms with Gasteiger partial charge in [0.1, 0.15) is 12.1 Å². The van der Waals surface area contributed by atoms with Crippen molar-refractivity contribution in [3.8, 4) is 16.9 Å². The minimum absolute atomic E-state index is 0.0242. The maximum absolute atomic E-state index is 12.9. The fourth-order valence-corrected chi connectivity index (χ4v) is 3.34. The Balaban J connectivity index is 1.57. The molecule has 28 heavy (non-hydrogen) atoms. The van der Waals surface area contributed by atoms with Crippen LogP contribution in [0.5, 0.6) is 0 Å². The monoisotopic (exact) mass is 390 g/mol. The molecule has 146 valence electrons. The summed E-state index contributed by atoms with van der Waals surface area (Å²) in [4.78, 5) is 26.8. The Morgan fingerprint density at radius 2 is 1.89 bits per heavy atom. The third-order valence-corrected chi connectivity index (χ3v) is 4.89. The van der Waals surface area contributed by atoms with E-state index in [1.165, 1.54) is 11.0 Å². The summed E-state index contributed by atoms with van der Waals surface area (Å²) < 4.78 is 39.8. The number of H-pyrrole nitrogens is 1. The molecule has 0 saturated carbocycles. The first-order valence-corrected chi connectivity index (χ1v) is 8.78. The highest BCUT2D eigenvalue weighted by Crippen LogP contribution is 2.35. The van der Waals surface area contributed by atoms with Gasteiger partial charge in [0.15, 0.2) is 5.82 Å². The van der Waals surface area contributed by atoms with Crippen molar-refractivity contribution in [1.29, 1.82) is 0 Å². The van der Waals surface area contributed by atoms with E-state index in [2.05, 4.69) is 20.1 Å². The second-order valence-corrected chi connectivity index (χ2v) is 6.61. The zero-order valence-electron chi connectivity index (χ0n) is 14.7. The molecular formula is C18H17F3N6O. The summed E-state index contributed by atoms with van der Waals surface area (Å²) in [5, 5.41) is 2.86. The number of nitrogens with zero attached hydrogens (tertiary/aromatic N) is 5. The van der Waals surface area contributed by atoms with E-state index in [-0.39, 0.29) is 31.5 Å². The fraction of sp³-hybridized carbons (Fsp3) is 0.333. The summed E-state index contributed by atoms with van der Waals surface area (Å²) in [6, 6.07) is 5.11. The zero-order valence-corrected chi connectivity index (χ0v) is 14.7. The molecule has 1 aliphatic rings. The van der Waals surface area contributed by atoms with Crippen LogP contribution in [0.4, 0.5) is 19.0 Å². The number of piperidine rings is 1. The number of hydrogen-bond acceptors (Lipinski definition) is 5. The Morgan fingerprint density at radius 3 is 2.57 bits per heavy atom. The Kier molecular flexibility index (Phi) is 4.62. The Labute approximate surface area is 157 Å². The molecule has 0 atom stereocenters. The van der Waals surface area contributed by atoms with Gasteiger partial charge in [-0.1, -0.05) is 6.07 Å². The maximum atomic E-state index is 12.9. The number of pyridine rings is 1. The number of rotatable bonds is 3. The highest BCUT2D eigenvalue weighted by molar-refractivity contribution is 5.60. The van der Waals surface area contributed by atoms with Crippen molar-refractivity contribution >= 4 is 5.82 Å². The van der Waals surface area contributed by atoms with Gasteiger partial charge in [0.2, 0.25) is 0 Å². The molecule has 3 aromatic rings. The summed E-state index contributed by atoms with van der Waals surface area (Å²) in [7, 11) is 0. The molecule has 4 heterocycles. The van der Waals surface area contributed by atoms with Crippen molar-refractivity contribution in [1.82, 2.24) is 24.7 Å². The molecule has 10 heteroatoms. The van der Waals surface area contributed by atoms with E-state index < -0.39 is 12.1 Å². The summed E-state index contributed by atoms with van der Waals surface area (Å²) >= 11 is 0. The lowest BCUT2D eigenvalue weighted by molar-refractivity contribution is -0.179. The van der Waals surface area contributed by atoms with Crippen molar-refractivity contribution in [2.45, 2.75) is 19.0 Å². The predicted octanol–water partition coefficient (Wildman–Crippen LogP) is 2.80. The standard InChI is InChI=1S/C18H17F3N6O/c19-18(20,21)13-3-6-26(7-4-13)15-8-16(24-11-23-15)27-17(28)14(10-25-27)12-2-1-5-22-9-12/h1-2,5,8-11,13,25H,3-4,6-7H2. The minimum atomic E-state index is -4.16. The van der Waals surface area contributed by atoms with Crippen LogP contribution in [0, 0.1) is 5.92 Å². The SMILES string of the molecule is O=c1c(-c2cccnc2)c[nH]n1-c1cc(N2CCC(C(F)(F)F)CC2)ncn1. The molecule has 0 spiro atoms. The van der Waals surface area contributed by atoms with Gasteiger partial charge in [-0.2, -0.15) is 13.2 Å². The normalized spacial score (nSPS) is 15.8. The van der Waals surface area contributed by atoms with Crippen molar-refractivity contribution in [3.63, 3.8) is 0 Å². The molecule has 7 nitrogen and oxygen atoms in total. The smallest absolute Gasteiger partial charge is 0.356 e.